The minimum Gasteiger partial charge on any atom is -0.349 e. The summed E-state index contributed by atoms with van der Waals surface area (Å²) >= 11 is 0. The molecule has 2 heterocycles. The highest BCUT2D eigenvalue weighted by Crippen LogP contribution is 2.17. The van der Waals surface area contributed by atoms with Crippen molar-refractivity contribution in [1.82, 2.24) is 35.3 Å². The van der Waals surface area contributed by atoms with Crippen molar-refractivity contribution in [2.24, 2.45) is 7.05 Å². The largest absolute Gasteiger partial charge is 0.349 e. The normalized spacial score (nSPS) is 11.6. The van der Waals surface area contributed by atoms with Gasteiger partial charge in [-0.25, -0.2) is 4.98 Å². The number of aryl methyl sites for hydroxylation is 1. The molecular formula is C12H19N7O. The highest BCUT2D eigenvalue weighted by molar-refractivity contribution is 5.90. The quantitative estimate of drug-likeness (QED) is 0.831. The van der Waals surface area contributed by atoms with Gasteiger partial charge in [0.15, 0.2) is 0 Å². The predicted molar refractivity (Wildman–Crippen MR) is 72.1 cm³/mol. The fourth-order valence-electron chi connectivity index (χ4n) is 1.60. The minimum absolute atomic E-state index is 0.160. The van der Waals surface area contributed by atoms with Crippen LogP contribution in [0.15, 0.2) is 6.33 Å². The van der Waals surface area contributed by atoms with Gasteiger partial charge in [0.05, 0.1) is 0 Å². The first kappa shape index (κ1) is 14.2. The third-order valence-corrected chi connectivity index (χ3v) is 2.84. The molecule has 2 N–H and O–H groups in total. The van der Waals surface area contributed by atoms with Crippen LogP contribution in [-0.2, 0) is 18.9 Å². The fourth-order valence-corrected chi connectivity index (χ4v) is 1.60. The van der Waals surface area contributed by atoms with Crippen LogP contribution in [0.5, 0.6) is 0 Å². The van der Waals surface area contributed by atoms with E-state index in [0.717, 1.165) is 5.82 Å². The van der Waals surface area contributed by atoms with Gasteiger partial charge in [0.1, 0.15) is 18.0 Å². The summed E-state index contributed by atoms with van der Waals surface area (Å²) in [4.78, 5) is 16.1. The lowest BCUT2D eigenvalue weighted by Gasteiger charge is -2.12. The highest BCUT2D eigenvalue weighted by atomic mass is 16.2. The molecule has 2 aromatic rings. The zero-order chi connectivity index (χ0) is 14.8. The Morgan fingerprint density at radius 3 is 2.75 bits per heavy atom. The molecule has 0 atom stereocenters. The van der Waals surface area contributed by atoms with Gasteiger partial charge in [-0.05, 0) is 0 Å². The van der Waals surface area contributed by atoms with Crippen molar-refractivity contribution in [3.8, 4) is 0 Å². The van der Waals surface area contributed by atoms with Crippen molar-refractivity contribution in [3.63, 3.8) is 0 Å². The van der Waals surface area contributed by atoms with Gasteiger partial charge in [0.25, 0.3) is 5.91 Å². The van der Waals surface area contributed by atoms with Crippen LogP contribution < -0.4 is 5.32 Å². The van der Waals surface area contributed by atoms with Gasteiger partial charge < -0.3 is 9.88 Å². The molecule has 0 spiro atoms. The van der Waals surface area contributed by atoms with E-state index in [1.54, 1.807) is 6.33 Å². The second-order valence-electron chi connectivity index (χ2n) is 5.62. The maximum absolute atomic E-state index is 11.9. The average molecular weight is 277 g/mol. The molecule has 8 nitrogen and oxygen atoms in total. The van der Waals surface area contributed by atoms with E-state index in [1.165, 1.54) is 0 Å². The highest BCUT2D eigenvalue weighted by Gasteiger charge is 2.21. The number of hydrogen-bond donors (Lipinski definition) is 2. The Labute approximate surface area is 117 Å². The topological polar surface area (TPSA) is 101 Å². The number of nitrogens with one attached hydrogen (secondary N) is 2. The van der Waals surface area contributed by atoms with Crippen molar-refractivity contribution in [3.05, 3.63) is 23.8 Å². The van der Waals surface area contributed by atoms with Crippen LogP contribution in [0.1, 0.15) is 43.0 Å². The van der Waals surface area contributed by atoms with Crippen LogP contribution in [0.4, 0.5) is 0 Å². The van der Waals surface area contributed by atoms with E-state index in [-0.39, 0.29) is 17.1 Å². The Morgan fingerprint density at radius 2 is 2.20 bits per heavy atom. The summed E-state index contributed by atoms with van der Waals surface area (Å²) in [6, 6.07) is 0. The van der Waals surface area contributed by atoms with Crippen LogP contribution in [-0.4, -0.2) is 42.4 Å². The van der Waals surface area contributed by atoms with E-state index in [1.807, 2.05) is 32.4 Å². The van der Waals surface area contributed by atoms with Gasteiger partial charge >= 0.3 is 0 Å². The van der Waals surface area contributed by atoms with Crippen molar-refractivity contribution >= 4 is 5.91 Å². The number of hydrogen-bond acceptors (Lipinski definition) is 5. The Hall–Kier alpha value is -2.25. The lowest BCUT2D eigenvalue weighted by molar-refractivity contribution is 0.0944. The smallest absolute Gasteiger partial charge is 0.290 e. The van der Waals surface area contributed by atoms with Gasteiger partial charge in [-0.15, -0.1) is 15.3 Å². The Bertz CT molecular complexity index is 593. The maximum Gasteiger partial charge on any atom is 0.290 e. The van der Waals surface area contributed by atoms with Crippen molar-refractivity contribution in [2.75, 3.05) is 6.54 Å². The first-order chi connectivity index (χ1) is 9.38. The molecule has 0 aromatic carbocycles. The number of aromatic amines is 1. The summed E-state index contributed by atoms with van der Waals surface area (Å²) in [5.74, 6) is 1.37. The molecule has 0 bridgehead atoms. The van der Waals surface area contributed by atoms with Crippen molar-refractivity contribution in [1.29, 1.82) is 0 Å². The van der Waals surface area contributed by atoms with Crippen LogP contribution in [0.25, 0.3) is 0 Å². The van der Waals surface area contributed by atoms with Crippen LogP contribution in [0, 0.1) is 0 Å². The number of aromatic nitrogens is 6. The minimum atomic E-state index is -0.293. The number of nitrogens with zero attached hydrogens (tertiary/aromatic N) is 5. The Kier molecular flexibility index (Phi) is 3.82. The monoisotopic (exact) mass is 277 g/mol. The fraction of sp³-hybridized carbons (Fsp3) is 0.583. The molecule has 0 radical (unpaired) electrons. The van der Waals surface area contributed by atoms with E-state index in [4.69, 9.17) is 0 Å². The molecule has 2 rings (SSSR count). The number of amides is 1. The zero-order valence-electron chi connectivity index (χ0n) is 12.1. The van der Waals surface area contributed by atoms with E-state index >= 15 is 0 Å². The van der Waals surface area contributed by atoms with Crippen LogP contribution >= 0.6 is 0 Å². The summed E-state index contributed by atoms with van der Waals surface area (Å²) in [7, 11) is 1.86. The summed E-state index contributed by atoms with van der Waals surface area (Å²) in [5, 5.41) is 17.2. The molecule has 0 unspecified atom stereocenters. The second kappa shape index (κ2) is 5.40. The molecule has 0 aliphatic heterocycles. The molecule has 1 amide bonds. The molecule has 2 aromatic heterocycles. The first-order valence-electron chi connectivity index (χ1n) is 6.42. The summed E-state index contributed by atoms with van der Waals surface area (Å²) < 4.78 is 1.82. The first-order valence-corrected chi connectivity index (χ1v) is 6.42. The SMILES string of the molecule is Cn1cnnc1CCNC(=O)c1n[nH]c(C(C)(C)C)n1. The molecule has 0 aliphatic rings. The molecule has 8 heteroatoms. The maximum atomic E-state index is 11.9. The third kappa shape index (κ3) is 3.19. The number of carbonyl (C=O) groups excluding carboxylic acids is 1. The molecule has 0 fully saturated rings. The third-order valence-electron chi connectivity index (χ3n) is 2.84. The zero-order valence-corrected chi connectivity index (χ0v) is 12.1. The lowest BCUT2D eigenvalue weighted by atomic mass is 9.96. The van der Waals surface area contributed by atoms with E-state index in [2.05, 4.69) is 30.7 Å². The van der Waals surface area contributed by atoms with E-state index < -0.39 is 0 Å². The second-order valence-corrected chi connectivity index (χ2v) is 5.62. The van der Waals surface area contributed by atoms with E-state index in [9.17, 15) is 4.79 Å². The van der Waals surface area contributed by atoms with Crippen LogP contribution in [0.3, 0.4) is 0 Å². The molecule has 0 saturated heterocycles. The predicted octanol–water partition coefficient (Wildman–Crippen LogP) is 0.203. The summed E-state index contributed by atoms with van der Waals surface area (Å²) in [6.45, 7) is 6.47. The molecule has 0 saturated carbocycles. The molecule has 0 aliphatic carbocycles. The number of carbonyl (C=O) groups is 1. The number of rotatable bonds is 4. The van der Waals surface area contributed by atoms with Crippen LogP contribution in [0.2, 0.25) is 0 Å². The van der Waals surface area contributed by atoms with Gasteiger partial charge in [-0.1, -0.05) is 20.8 Å². The van der Waals surface area contributed by atoms with Crippen molar-refractivity contribution in [2.45, 2.75) is 32.6 Å². The summed E-state index contributed by atoms with van der Waals surface area (Å²) in [6.07, 6.45) is 2.24. The molecular weight excluding hydrogens is 258 g/mol. The van der Waals surface area contributed by atoms with E-state index in [0.29, 0.717) is 18.8 Å². The summed E-state index contributed by atoms with van der Waals surface area (Å²) in [5.41, 5.74) is -0.163. The van der Waals surface area contributed by atoms with Gasteiger partial charge in [-0.3, -0.25) is 9.89 Å². The average Bonchev–Trinajstić information content (AvgIpc) is 2.98. The van der Waals surface area contributed by atoms with Gasteiger partial charge in [-0.2, -0.15) is 0 Å². The van der Waals surface area contributed by atoms with Gasteiger partial charge in [0, 0.05) is 25.4 Å². The standard InChI is InChI=1S/C12H19N7O/c1-12(2,3)11-15-9(17-18-11)10(20)13-6-5-8-16-14-7-19(8)4/h7H,5-6H2,1-4H3,(H,13,20)(H,15,17,18). The Morgan fingerprint density at radius 1 is 1.45 bits per heavy atom. The Balaban J connectivity index is 1.89. The van der Waals surface area contributed by atoms with Gasteiger partial charge in [0.2, 0.25) is 5.82 Å². The van der Waals surface area contributed by atoms with Crippen molar-refractivity contribution < 1.29 is 4.79 Å². The number of H-pyrrole nitrogens is 1. The lowest BCUT2D eigenvalue weighted by Crippen LogP contribution is -2.27. The molecule has 20 heavy (non-hydrogen) atoms. The molecule has 108 valence electrons.